The summed E-state index contributed by atoms with van der Waals surface area (Å²) in [5.74, 6) is 0.192. The Kier molecular flexibility index (Phi) is 7.17. The van der Waals surface area contributed by atoms with Gasteiger partial charge in [-0.2, -0.15) is 0 Å². The van der Waals surface area contributed by atoms with Crippen LogP contribution in [0.2, 0.25) is 0 Å². The van der Waals surface area contributed by atoms with Gasteiger partial charge in [0.25, 0.3) is 0 Å². The Hall–Kier alpha value is -1.26. The molecule has 2 aromatic rings. The van der Waals surface area contributed by atoms with E-state index in [1.807, 2.05) is 50.2 Å². The maximum absolute atomic E-state index is 11.0. The summed E-state index contributed by atoms with van der Waals surface area (Å²) in [6.07, 6.45) is 0. The molecular weight excluding hydrogens is 408 g/mol. The first-order chi connectivity index (χ1) is 10.2. The van der Waals surface area contributed by atoms with E-state index in [9.17, 15) is 9.59 Å². The van der Waals surface area contributed by atoms with Crippen molar-refractivity contribution < 1.29 is 9.59 Å². The quantitative estimate of drug-likeness (QED) is 0.559. The lowest BCUT2D eigenvalue weighted by molar-refractivity contribution is 0.100. The zero-order valence-electron chi connectivity index (χ0n) is 13.0. The van der Waals surface area contributed by atoms with E-state index in [0.29, 0.717) is 0 Å². The predicted octanol–water partition coefficient (Wildman–Crippen LogP) is 5.92. The molecule has 116 valence electrons. The smallest absolute Gasteiger partial charge is 0.160 e. The number of hydrogen-bond donors (Lipinski definition) is 0. The zero-order chi connectivity index (χ0) is 16.9. The third kappa shape index (κ3) is 5.50. The van der Waals surface area contributed by atoms with Crippen molar-refractivity contribution in [3.05, 3.63) is 67.6 Å². The molecule has 0 aliphatic rings. The van der Waals surface area contributed by atoms with Gasteiger partial charge in [-0.1, -0.05) is 55.6 Å². The Morgan fingerprint density at radius 3 is 1.68 bits per heavy atom. The minimum atomic E-state index is 0.0943. The lowest BCUT2D eigenvalue weighted by atomic mass is 10.1. The molecule has 4 heteroatoms. The second-order valence-corrected chi connectivity index (χ2v) is 6.79. The number of carbonyl (C=O) groups is 2. The third-order valence-electron chi connectivity index (χ3n) is 3.01. The van der Waals surface area contributed by atoms with E-state index in [1.165, 1.54) is 0 Å². The first-order valence-electron chi connectivity index (χ1n) is 6.76. The molecule has 2 rings (SSSR count). The van der Waals surface area contributed by atoms with Crippen LogP contribution in [0.25, 0.3) is 0 Å². The molecule has 2 nitrogen and oxygen atoms in total. The van der Waals surface area contributed by atoms with Crippen LogP contribution >= 0.6 is 31.9 Å². The Labute approximate surface area is 148 Å². The van der Waals surface area contributed by atoms with Gasteiger partial charge >= 0.3 is 0 Å². The highest BCUT2D eigenvalue weighted by molar-refractivity contribution is 9.10. The SMILES string of the molecule is CC(=O)c1cc(C)ccc1Br.CC(=O)c1ccc(C)cc1Br. The molecule has 2 aromatic carbocycles. The van der Waals surface area contributed by atoms with Gasteiger partial charge in [0.1, 0.15) is 0 Å². The molecule has 22 heavy (non-hydrogen) atoms. The number of Topliss-reactive ketones (excluding diaryl/α,β-unsaturated/α-hetero) is 2. The molecule has 0 saturated heterocycles. The number of ketones is 2. The van der Waals surface area contributed by atoms with E-state index < -0.39 is 0 Å². The van der Waals surface area contributed by atoms with Crippen LogP contribution in [0, 0.1) is 13.8 Å². The van der Waals surface area contributed by atoms with E-state index in [4.69, 9.17) is 0 Å². The number of hydrogen-bond acceptors (Lipinski definition) is 2. The van der Waals surface area contributed by atoms with Crippen molar-refractivity contribution >= 4 is 43.4 Å². The van der Waals surface area contributed by atoms with E-state index in [-0.39, 0.29) is 11.6 Å². The molecule has 0 heterocycles. The fourth-order valence-corrected chi connectivity index (χ4v) is 3.11. The minimum absolute atomic E-state index is 0.0943. The molecule has 0 radical (unpaired) electrons. The van der Waals surface area contributed by atoms with Crippen molar-refractivity contribution in [3.8, 4) is 0 Å². The number of aryl methyl sites for hydroxylation is 2. The monoisotopic (exact) mass is 424 g/mol. The highest BCUT2D eigenvalue weighted by atomic mass is 79.9. The van der Waals surface area contributed by atoms with Crippen LogP contribution < -0.4 is 0 Å². The van der Waals surface area contributed by atoms with Crippen molar-refractivity contribution in [2.24, 2.45) is 0 Å². The Morgan fingerprint density at radius 1 is 0.727 bits per heavy atom. The topological polar surface area (TPSA) is 34.1 Å². The second kappa shape index (κ2) is 8.39. The van der Waals surface area contributed by atoms with Crippen LogP contribution in [0.1, 0.15) is 45.7 Å². The first-order valence-corrected chi connectivity index (χ1v) is 8.35. The van der Waals surface area contributed by atoms with Crippen LogP contribution in [0.4, 0.5) is 0 Å². The number of benzene rings is 2. The van der Waals surface area contributed by atoms with Gasteiger partial charge in [-0.3, -0.25) is 9.59 Å². The first kappa shape index (κ1) is 18.8. The summed E-state index contributed by atoms with van der Waals surface area (Å²) >= 11 is 6.64. The minimum Gasteiger partial charge on any atom is -0.294 e. The van der Waals surface area contributed by atoms with Crippen LogP contribution in [0.3, 0.4) is 0 Å². The van der Waals surface area contributed by atoms with E-state index in [0.717, 1.165) is 31.2 Å². The molecule has 0 bridgehead atoms. The fourth-order valence-electron chi connectivity index (χ4n) is 1.81. The van der Waals surface area contributed by atoms with Gasteiger partial charge in [0.15, 0.2) is 11.6 Å². The molecule has 0 fully saturated rings. The maximum atomic E-state index is 11.0. The third-order valence-corrected chi connectivity index (χ3v) is 4.35. The van der Waals surface area contributed by atoms with E-state index in [1.54, 1.807) is 13.8 Å². The average molecular weight is 426 g/mol. The summed E-state index contributed by atoms with van der Waals surface area (Å²) < 4.78 is 1.75. The summed E-state index contributed by atoms with van der Waals surface area (Å²) in [5, 5.41) is 0. The van der Waals surface area contributed by atoms with Crippen molar-refractivity contribution in [2.45, 2.75) is 27.7 Å². The Balaban J connectivity index is 0.000000220. The average Bonchev–Trinajstić information content (AvgIpc) is 2.41. The molecule has 0 spiro atoms. The largest absolute Gasteiger partial charge is 0.294 e. The highest BCUT2D eigenvalue weighted by Crippen LogP contribution is 2.19. The maximum Gasteiger partial charge on any atom is 0.160 e. The fraction of sp³-hybridized carbons (Fsp3) is 0.222. The summed E-state index contributed by atoms with van der Waals surface area (Å²) in [4.78, 5) is 21.9. The number of rotatable bonds is 2. The molecule has 0 amide bonds. The summed E-state index contributed by atoms with van der Waals surface area (Å²) in [6.45, 7) is 7.10. The summed E-state index contributed by atoms with van der Waals surface area (Å²) in [7, 11) is 0. The molecule has 0 aliphatic carbocycles. The number of carbonyl (C=O) groups excluding carboxylic acids is 2. The van der Waals surface area contributed by atoms with Crippen LogP contribution in [-0.4, -0.2) is 11.6 Å². The molecule has 0 unspecified atom stereocenters. The van der Waals surface area contributed by atoms with Crippen LogP contribution in [-0.2, 0) is 0 Å². The lowest BCUT2D eigenvalue weighted by Gasteiger charge is -2.00. The normalized spacial score (nSPS) is 9.73. The highest BCUT2D eigenvalue weighted by Gasteiger charge is 2.04. The molecule has 0 aliphatic heterocycles. The van der Waals surface area contributed by atoms with Gasteiger partial charge in [0.2, 0.25) is 0 Å². The zero-order valence-corrected chi connectivity index (χ0v) is 16.2. The summed E-state index contributed by atoms with van der Waals surface area (Å²) in [6, 6.07) is 11.5. The van der Waals surface area contributed by atoms with Gasteiger partial charge < -0.3 is 0 Å². The Bertz CT molecular complexity index is 706. The van der Waals surface area contributed by atoms with Gasteiger partial charge in [-0.25, -0.2) is 0 Å². The van der Waals surface area contributed by atoms with Crippen molar-refractivity contribution in [1.29, 1.82) is 0 Å². The van der Waals surface area contributed by atoms with Gasteiger partial charge in [-0.15, -0.1) is 0 Å². The predicted molar refractivity (Wildman–Crippen MR) is 97.8 cm³/mol. The molecule has 0 saturated carbocycles. The van der Waals surface area contributed by atoms with Gasteiger partial charge in [-0.05, 0) is 51.5 Å². The van der Waals surface area contributed by atoms with Gasteiger partial charge in [0.05, 0.1) is 0 Å². The molecule has 0 atom stereocenters. The van der Waals surface area contributed by atoms with E-state index in [2.05, 4.69) is 31.9 Å². The summed E-state index contributed by atoms with van der Waals surface area (Å²) in [5.41, 5.74) is 3.76. The Morgan fingerprint density at radius 2 is 1.23 bits per heavy atom. The molecule has 0 aromatic heterocycles. The second-order valence-electron chi connectivity index (χ2n) is 5.08. The van der Waals surface area contributed by atoms with Crippen molar-refractivity contribution in [1.82, 2.24) is 0 Å². The van der Waals surface area contributed by atoms with Crippen molar-refractivity contribution in [3.63, 3.8) is 0 Å². The van der Waals surface area contributed by atoms with Crippen molar-refractivity contribution in [2.75, 3.05) is 0 Å². The molecular formula is C18H18Br2O2. The standard InChI is InChI=1S/2C9H9BrO/c1-6-3-4-9(10)8(5-6)7(2)11;1-6-3-4-8(7(2)11)9(10)5-6/h2*3-5H,1-2H3. The number of halogens is 2. The van der Waals surface area contributed by atoms with E-state index >= 15 is 0 Å². The van der Waals surface area contributed by atoms with Gasteiger partial charge in [0, 0.05) is 20.1 Å². The van der Waals surface area contributed by atoms with Crippen LogP contribution in [0.5, 0.6) is 0 Å². The molecule has 0 N–H and O–H groups in total. The van der Waals surface area contributed by atoms with Crippen LogP contribution in [0.15, 0.2) is 45.3 Å². The lowest BCUT2D eigenvalue weighted by Crippen LogP contribution is -1.93.